The Morgan fingerprint density at radius 3 is 1.60 bits per heavy atom. The van der Waals surface area contributed by atoms with Crippen LogP contribution in [0.2, 0.25) is 0 Å². The first-order valence-electron chi connectivity index (χ1n) is 13.5. The van der Waals surface area contributed by atoms with E-state index in [0.717, 1.165) is 22.8 Å². The Labute approximate surface area is 244 Å². The molecule has 0 saturated carbocycles. The number of carbonyl (C=O) groups is 1. The third kappa shape index (κ3) is 7.58. The average molecular weight is 559 g/mol. The lowest BCUT2D eigenvalue weighted by molar-refractivity contribution is 0.103. The molecule has 0 unspecified atom stereocenters. The smallest absolute Gasteiger partial charge is 0.197 e. The molecule has 5 aromatic carbocycles. The van der Waals surface area contributed by atoms with Crippen molar-refractivity contribution in [1.82, 2.24) is 0 Å². The van der Waals surface area contributed by atoms with Crippen molar-refractivity contribution in [3.05, 3.63) is 161 Å². The molecule has 5 rings (SSSR count). The van der Waals surface area contributed by atoms with Crippen molar-refractivity contribution >= 4 is 11.5 Å². The third-order valence-electron chi connectivity index (χ3n) is 6.45. The van der Waals surface area contributed by atoms with E-state index in [9.17, 15) is 15.0 Å². The summed E-state index contributed by atoms with van der Waals surface area (Å²) in [6.07, 6.45) is 1.06. The number of ketones is 1. The summed E-state index contributed by atoms with van der Waals surface area (Å²) in [5.41, 5.74) is 3.22. The summed E-state index contributed by atoms with van der Waals surface area (Å²) in [5, 5.41) is 21.7. The van der Waals surface area contributed by atoms with Gasteiger partial charge in [0.25, 0.3) is 0 Å². The number of aliphatic hydroxyl groups is 1. The number of aromatic hydroxyl groups is 1. The normalized spacial score (nSPS) is 11.1. The second kappa shape index (κ2) is 13.7. The fraction of sp³-hybridized carbons (Fsp3) is 0.0833. The summed E-state index contributed by atoms with van der Waals surface area (Å²) in [6.45, 7) is 0.858. The van der Waals surface area contributed by atoms with Gasteiger partial charge in [-0.25, -0.2) is 0 Å². The second-order valence-electron chi connectivity index (χ2n) is 9.56. The van der Waals surface area contributed by atoms with Gasteiger partial charge in [-0.1, -0.05) is 91.0 Å². The van der Waals surface area contributed by atoms with Gasteiger partial charge in [-0.3, -0.25) is 4.79 Å². The highest BCUT2D eigenvalue weighted by Crippen LogP contribution is 2.35. The van der Waals surface area contributed by atoms with Crippen molar-refractivity contribution in [2.24, 2.45) is 0 Å². The van der Waals surface area contributed by atoms with Crippen LogP contribution in [0.3, 0.4) is 0 Å². The zero-order valence-corrected chi connectivity index (χ0v) is 22.9. The molecule has 0 bridgehead atoms. The van der Waals surface area contributed by atoms with E-state index in [1.165, 1.54) is 6.07 Å². The molecule has 2 N–H and O–H groups in total. The molecule has 0 fully saturated rings. The number of phenolic OH excluding ortho intramolecular Hbond substituents is 1. The minimum Gasteiger partial charge on any atom is -0.507 e. The molecule has 6 nitrogen and oxygen atoms in total. The molecule has 0 heterocycles. The van der Waals surface area contributed by atoms with E-state index in [-0.39, 0.29) is 36.0 Å². The van der Waals surface area contributed by atoms with E-state index >= 15 is 0 Å². The number of benzene rings is 5. The SMILES string of the molecule is O=C(/C=C(\O)c1ccc(OCc2ccccc2)cc1)c1c(O)cc(OCc2ccccc2)cc1OCc1ccccc1. The number of hydrogen-bond acceptors (Lipinski definition) is 6. The summed E-state index contributed by atoms with van der Waals surface area (Å²) < 4.78 is 17.7. The topological polar surface area (TPSA) is 85.2 Å². The van der Waals surface area contributed by atoms with Crippen LogP contribution < -0.4 is 14.2 Å². The molecule has 0 aliphatic carbocycles. The Hall–Kier alpha value is -5.49. The summed E-state index contributed by atoms with van der Waals surface area (Å²) in [6, 6.07) is 38.6. The molecule has 0 saturated heterocycles. The highest BCUT2D eigenvalue weighted by atomic mass is 16.5. The van der Waals surface area contributed by atoms with Crippen molar-refractivity contribution in [3.8, 4) is 23.0 Å². The summed E-state index contributed by atoms with van der Waals surface area (Å²) in [4.78, 5) is 13.4. The monoisotopic (exact) mass is 558 g/mol. The van der Waals surface area contributed by atoms with Crippen LogP contribution in [0.15, 0.2) is 133 Å². The molecule has 210 valence electrons. The first-order valence-corrected chi connectivity index (χ1v) is 13.5. The Balaban J connectivity index is 1.34. The maximum absolute atomic E-state index is 13.4. The number of aliphatic hydroxyl groups excluding tert-OH is 1. The lowest BCUT2D eigenvalue weighted by Crippen LogP contribution is -2.05. The Bertz CT molecular complexity index is 1630. The largest absolute Gasteiger partial charge is 0.507 e. The molecule has 0 aliphatic heterocycles. The van der Waals surface area contributed by atoms with Gasteiger partial charge in [-0.15, -0.1) is 0 Å². The summed E-state index contributed by atoms with van der Waals surface area (Å²) in [5.74, 6) is -0.0835. The fourth-order valence-electron chi connectivity index (χ4n) is 4.24. The van der Waals surface area contributed by atoms with Crippen LogP contribution in [0.5, 0.6) is 23.0 Å². The van der Waals surface area contributed by atoms with E-state index in [1.807, 2.05) is 91.0 Å². The number of hydrogen-bond donors (Lipinski definition) is 2. The van der Waals surface area contributed by atoms with E-state index in [2.05, 4.69) is 0 Å². The first kappa shape index (κ1) is 28.1. The predicted molar refractivity (Wildman–Crippen MR) is 162 cm³/mol. The van der Waals surface area contributed by atoms with Gasteiger partial charge in [-0.2, -0.15) is 0 Å². The second-order valence-corrected chi connectivity index (χ2v) is 9.56. The van der Waals surface area contributed by atoms with E-state index in [0.29, 0.717) is 23.7 Å². The quantitative estimate of drug-likeness (QED) is 0.0920. The summed E-state index contributed by atoms with van der Waals surface area (Å²) in [7, 11) is 0. The van der Waals surface area contributed by atoms with Crippen LogP contribution in [-0.4, -0.2) is 16.0 Å². The van der Waals surface area contributed by atoms with Crippen molar-refractivity contribution in [3.63, 3.8) is 0 Å². The van der Waals surface area contributed by atoms with Gasteiger partial charge in [0.05, 0.1) is 0 Å². The minimum atomic E-state index is -0.618. The molecule has 5 aromatic rings. The van der Waals surface area contributed by atoms with Crippen LogP contribution in [0.25, 0.3) is 5.76 Å². The van der Waals surface area contributed by atoms with Crippen LogP contribution in [0.1, 0.15) is 32.6 Å². The van der Waals surface area contributed by atoms with Crippen LogP contribution in [-0.2, 0) is 19.8 Å². The number of ether oxygens (including phenoxy) is 3. The van der Waals surface area contributed by atoms with Gasteiger partial charge in [0.15, 0.2) is 5.78 Å². The molecule has 42 heavy (non-hydrogen) atoms. The maximum Gasteiger partial charge on any atom is 0.197 e. The first-order chi connectivity index (χ1) is 20.5. The van der Waals surface area contributed by atoms with Crippen LogP contribution in [0, 0.1) is 0 Å². The molecule has 0 radical (unpaired) electrons. The van der Waals surface area contributed by atoms with Gasteiger partial charge in [0, 0.05) is 23.8 Å². The van der Waals surface area contributed by atoms with Crippen molar-refractivity contribution < 1.29 is 29.2 Å². The zero-order chi connectivity index (χ0) is 29.1. The highest BCUT2D eigenvalue weighted by molar-refractivity contribution is 6.11. The molecular weight excluding hydrogens is 528 g/mol. The number of rotatable bonds is 12. The van der Waals surface area contributed by atoms with Crippen molar-refractivity contribution in [2.75, 3.05) is 0 Å². The maximum atomic E-state index is 13.4. The van der Waals surface area contributed by atoms with Gasteiger partial charge in [0.2, 0.25) is 0 Å². The average Bonchev–Trinajstić information content (AvgIpc) is 3.03. The molecule has 0 aromatic heterocycles. The van der Waals surface area contributed by atoms with Crippen molar-refractivity contribution in [1.29, 1.82) is 0 Å². The lowest BCUT2D eigenvalue weighted by Gasteiger charge is -2.15. The van der Waals surface area contributed by atoms with Gasteiger partial charge in [-0.05, 0) is 41.0 Å². The van der Waals surface area contributed by atoms with E-state index < -0.39 is 5.78 Å². The number of carbonyl (C=O) groups excluding carboxylic acids is 1. The molecular formula is C36H30O6. The van der Waals surface area contributed by atoms with Crippen molar-refractivity contribution in [2.45, 2.75) is 19.8 Å². The summed E-state index contributed by atoms with van der Waals surface area (Å²) >= 11 is 0. The van der Waals surface area contributed by atoms with E-state index in [4.69, 9.17) is 14.2 Å². The molecule has 6 heteroatoms. The minimum absolute atomic E-state index is 0.0765. The van der Waals surface area contributed by atoms with Gasteiger partial charge < -0.3 is 24.4 Å². The number of allylic oxidation sites excluding steroid dienone is 1. The van der Waals surface area contributed by atoms with E-state index in [1.54, 1.807) is 30.3 Å². The third-order valence-corrected chi connectivity index (χ3v) is 6.45. The van der Waals surface area contributed by atoms with Crippen LogP contribution >= 0.6 is 0 Å². The van der Waals surface area contributed by atoms with Gasteiger partial charge >= 0.3 is 0 Å². The Morgan fingerprint density at radius 1 is 0.595 bits per heavy atom. The predicted octanol–water partition coefficient (Wildman–Crippen LogP) is 7.91. The molecule has 0 aliphatic rings. The highest BCUT2D eigenvalue weighted by Gasteiger charge is 2.20. The molecule has 0 spiro atoms. The zero-order valence-electron chi connectivity index (χ0n) is 22.9. The molecule has 0 amide bonds. The van der Waals surface area contributed by atoms with Gasteiger partial charge in [0.1, 0.15) is 54.1 Å². The molecule has 0 atom stereocenters. The lowest BCUT2D eigenvalue weighted by atomic mass is 10.0. The fourth-order valence-corrected chi connectivity index (χ4v) is 4.24. The standard InChI is InChI=1S/C36H30O6/c37-32(29-16-18-30(19-17-29)40-23-26-10-4-1-5-11-26)22-34(39)36-33(38)20-31(41-24-27-12-6-2-7-13-27)21-35(36)42-25-28-14-8-3-9-15-28/h1-22,37-38H,23-25H2/b32-22-. The Kier molecular flexibility index (Phi) is 9.17. The Morgan fingerprint density at radius 2 is 1.07 bits per heavy atom. The van der Waals surface area contributed by atoms with Crippen LogP contribution in [0.4, 0.5) is 0 Å². The number of phenols is 1.